The van der Waals surface area contributed by atoms with Crippen molar-refractivity contribution in [3.8, 4) is 0 Å². The molecule has 0 amide bonds. The van der Waals surface area contributed by atoms with E-state index in [-0.39, 0.29) is 26.1 Å². The van der Waals surface area contributed by atoms with Gasteiger partial charge in [0.15, 0.2) is 18.7 Å². The lowest BCUT2D eigenvalue weighted by molar-refractivity contribution is -0.332. The number of hydrogen-bond donors (Lipinski definition) is 7. The first-order valence-electron chi connectivity index (χ1n) is 20.8. The number of aliphatic hydroxyl groups excluding tert-OH is 7. The molecule has 15 heteroatoms. The minimum atomic E-state index is -1.76. The van der Waals surface area contributed by atoms with Crippen molar-refractivity contribution in [1.82, 2.24) is 0 Å². The van der Waals surface area contributed by atoms with Gasteiger partial charge in [0.2, 0.25) is 0 Å². The molecule has 0 aliphatic carbocycles. The summed E-state index contributed by atoms with van der Waals surface area (Å²) in [4.78, 5) is 25.4. The minimum Gasteiger partial charge on any atom is -0.462 e. The zero-order valence-electron chi connectivity index (χ0n) is 33.2. The van der Waals surface area contributed by atoms with Gasteiger partial charge in [0, 0.05) is 12.8 Å². The van der Waals surface area contributed by atoms with E-state index in [9.17, 15) is 45.3 Å². The van der Waals surface area contributed by atoms with Crippen LogP contribution in [0.5, 0.6) is 0 Å². The summed E-state index contributed by atoms with van der Waals surface area (Å²) in [6, 6.07) is 0. The Hall–Kier alpha value is -1.76. The van der Waals surface area contributed by atoms with Gasteiger partial charge in [-0.25, -0.2) is 0 Å². The van der Waals surface area contributed by atoms with Crippen LogP contribution in [0.4, 0.5) is 0 Å². The fourth-order valence-electron chi connectivity index (χ4n) is 6.45. The first-order chi connectivity index (χ1) is 26.5. The molecule has 0 radical (unpaired) electrons. The number of rotatable bonds is 30. The van der Waals surface area contributed by atoms with E-state index in [0.29, 0.717) is 12.8 Å². The normalized spacial score (nSPS) is 29.0. The van der Waals surface area contributed by atoms with Crippen molar-refractivity contribution >= 4 is 11.9 Å². The fraction of sp³-hybridized carbons (Fsp3) is 0.900. The Morgan fingerprint density at radius 2 is 1.07 bits per heavy atom. The molecule has 2 saturated heterocycles. The second kappa shape index (κ2) is 29.5. The summed E-state index contributed by atoms with van der Waals surface area (Å²) < 4.78 is 33.3. The van der Waals surface area contributed by atoms with Gasteiger partial charge >= 0.3 is 11.9 Å². The van der Waals surface area contributed by atoms with E-state index in [1.165, 1.54) is 32.1 Å². The van der Waals surface area contributed by atoms with Gasteiger partial charge in [0.25, 0.3) is 0 Å². The predicted molar refractivity (Wildman–Crippen MR) is 201 cm³/mol. The zero-order valence-corrected chi connectivity index (χ0v) is 33.2. The van der Waals surface area contributed by atoms with Gasteiger partial charge in [-0.2, -0.15) is 0 Å². The van der Waals surface area contributed by atoms with Crippen LogP contribution in [0.3, 0.4) is 0 Å². The molecule has 2 aliphatic heterocycles. The first-order valence-corrected chi connectivity index (χ1v) is 20.8. The number of carbonyl (C=O) groups excluding carboxylic acids is 2. The monoisotopic (exact) mass is 792 g/mol. The molecular weight excluding hydrogens is 720 g/mol. The highest BCUT2D eigenvalue weighted by Crippen LogP contribution is 2.26. The van der Waals surface area contributed by atoms with Crippen molar-refractivity contribution in [3.05, 3.63) is 12.2 Å². The largest absolute Gasteiger partial charge is 0.462 e. The van der Waals surface area contributed by atoms with E-state index in [2.05, 4.69) is 26.0 Å². The van der Waals surface area contributed by atoms with Crippen LogP contribution in [-0.4, -0.2) is 142 Å². The summed E-state index contributed by atoms with van der Waals surface area (Å²) in [7, 11) is 0. The number of allylic oxidation sites excluding steroid dienone is 2. The Kier molecular flexibility index (Phi) is 26.4. The van der Waals surface area contributed by atoms with Crippen LogP contribution in [0, 0.1) is 0 Å². The van der Waals surface area contributed by atoms with Crippen LogP contribution in [0.15, 0.2) is 12.2 Å². The molecule has 0 aromatic rings. The first kappa shape index (κ1) is 49.4. The van der Waals surface area contributed by atoms with Crippen LogP contribution < -0.4 is 0 Å². The second-order valence-electron chi connectivity index (χ2n) is 14.8. The van der Waals surface area contributed by atoms with Gasteiger partial charge in [-0.3, -0.25) is 9.59 Å². The quantitative estimate of drug-likeness (QED) is 0.0315. The van der Waals surface area contributed by atoms with Gasteiger partial charge in [-0.15, -0.1) is 0 Å². The smallest absolute Gasteiger partial charge is 0.306 e. The van der Waals surface area contributed by atoms with Crippen LogP contribution in [0.2, 0.25) is 0 Å². The Balaban J connectivity index is 1.90. The molecule has 2 fully saturated rings. The predicted octanol–water partition coefficient (Wildman–Crippen LogP) is 3.09. The van der Waals surface area contributed by atoms with Gasteiger partial charge in [0.1, 0.15) is 55.4 Å². The van der Waals surface area contributed by atoms with E-state index in [4.69, 9.17) is 28.4 Å². The highest BCUT2D eigenvalue weighted by atomic mass is 16.7. The van der Waals surface area contributed by atoms with Crippen molar-refractivity contribution < 1.29 is 73.8 Å². The second-order valence-corrected chi connectivity index (χ2v) is 14.8. The number of carbonyl (C=O) groups is 2. The van der Waals surface area contributed by atoms with E-state index in [1.54, 1.807) is 0 Å². The van der Waals surface area contributed by atoms with E-state index in [0.717, 1.165) is 64.2 Å². The van der Waals surface area contributed by atoms with Crippen molar-refractivity contribution in [3.63, 3.8) is 0 Å². The number of unbranched alkanes of at least 4 members (excludes halogenated alkanes) is 14. The maximum Gasteiger partial charge on any atom is 0.306 e. The Morgan fingerprint density at radius 1 is 0.564 bits per heavy atom. The van der Waals surface area contributed by atoms with Gasteiger partial charge in [-0.1, -0.05) is 103 Å². The molecule has 0 aromatic heterocycles. The van der Waals surface area contributed by atoms with Gasteiger partial charge < -0.3 is 64.2 Å². The minimum absolute atomic E-state index is 0.157. The molecule has 2 heterocycles. The van der Waals surface area contributed by atoms with Gasteiger partial charge in [0.05, 0.1) is 19.8 Å². The molecule has 11 unspecified atom stereocenters. The molecule has 2 aliphatic rings. The van der Waals surface area contributed by atoms with Crippen molar-refractivity contribution in [2.75, 3.05) is 26.4 Å². The molecular formula is C40H72O15. The molecule has 0 spiro atoms. The Bertz CT molecular complexity index is 1030. The van der Waals surface area contributed by atoms with Crippen LogP contribution >= 0.6 is 0 Å². The average Bonchev–Trinajstić information content (AvgIpc) is 3.18. The maximum absolute atomic E-state index is 12.8. The SMILES string of the molecule is CCC/C=C\CCCCCCCC(=O)OC(COC(=O)CCCCCCCCCCC)COC1OC(COC2OC(CO)C(O)C(O)C2O)C(O)C(O)C1O. The molecule has 11 atom stereocenters. The highest BCUT2D eigenvalue weighted by Gasteiger charge is 2.47. The van der Waals surface area contributed by atoms with E-state index >= 15 is 0 Å². The molecule has 55 heavy (non-hydrogen) atoms. The topological polar surface area (TPSA) is 231 Å². The lowest BCUT2D eigenvalue weighted by Crippen LogP contribution is -2.61. The lowest BCUT2D eigenvalue weighted by Gasteiger charge is -2.42. The summed E-state index contributed by atoms with van der Waals surface area (Å²) in [5.41, 5.74) is 0. The summed E-state index contributed by atoms with van der Waals surface area (Å²) in [6.45, 7) is 2.45. The molecule has 2 rings (SSSR count). The van der Waals surface area contributed by atoms with Crippen molar-refractivity contribution in [2.24, 2.45) is 0 Å². The highest BCUT2D eigenvalue weighted by molar-refractivity contribution is 5.70. The van der Waals surface area contributed by atoms with E-state index in [1.807, 2.05) is 0 Å². The maximum atomic E-state index is 12.8. The molecule has 0 aromatic carbocycles. The summed E-state index contributed by atoms with van der Waals surface area (Å²) in [5, 5.41) is 71.6. The van der Waals surface area contributed by atoms with Crippen molar-refractivity contribution in [2.45, 2.75) is 203 Å². The molecule has 7 N–H and O–H groups in total. The summed E-state index contributed by atoms with van der Waals surface area (Å²) >= 11 is 0. The zero-order chi connectivity index (χ0) is 40.4. The van der Waals surface area contributed by atoms with Gasteiger partial charge in [-0.05, 0) is 32.1 Å². The van der Waals surface area contributed by atoms with Crippen LogP contribution in [0.1, 0.15) is 136 Å². The number of esters is 2. The third-order valence-electron chi connectivity index (χ3n) is 9.97. The number of hydrogen-bond acceptors (Lipinski definition) is 15. The summed E-state index contributed by atoms with van der Waals surface area (Å²) in [5.74, 6) is -0.941. The number of ether oxygens (including phenoxy) is 6. The summed E-state index contributed by atoms with van der Waals surface area (Å²) in [6.07, 6.45) is 5.74. The van der Waals surface area contributed by atoms with Crippen molar-refractivity contribution in [1.29, 1.82) is 0 Å². The van der Waals surface area contributed by atoms with E-state index < -0.39 is 92.7 Å². The number of aliphatic hydroxyl groups is 7. The molecule has 322 valence electrons. The third-order valence-corrected chi connectivity index (χ3v) is 9.97. The Labute approximate surface area is 327 Å². The fourth-order valence-corrected chi connectivity index (χ4v) is 6.45. The molecule has 0 bridgehead atoms. The van der Waals surface area contributed by atoms with Crippen LogP contribution in [0.25, 0.3) is 0 Å². The third kappa shape index (κ3) is 19.5. The molecule has 15 nitrogen and oxygen atoms in total. The Morgan fingerprint density at radius 3 is 1.67 bits per heavy atom. The lowest BCUT2D eigenvalue weighted by atomic mass is 9.98. The van der Waals surface area contributed by atoms with Crippen LogP contribution in [-0.2, 0) is 38.0 Å². The average molecular weight is 793 g/mol. The molecule has 0 saturated carbocycles. The standard InChI is InChI=1S/C40H72O15/c1-3-5-7-9-11-13-15-17-19-21-23-32(43)53-28(25-50-31(42)22-20-18-16-14-12-10-8-6-4-2)26-51-39-38(49)36(47)34(45)30(55-39)27-52-40-37(48)35(46)33(44)29(24-41)54-40/h7,9,28-30,33-41,44-49H,3-6,8,10-27H2,1-2H3/b9-7-.